The molecule has 0 aliphatic carbocycles. The van der Waals surface area contributed by atoms with Gasteiger partial charge in [0, 0.05) is 24.6 Å². The number of amides is 1. The number of carbonyl (C=O) groups excluding carboxylic acids is 1. The molecule has 0 aliphatic heterocycles. The highest BCUT2D eigenvalue weighted by molar-refractivity contribution is 7.17. The van der Waals surface area contributed by atoms with E-state index in [9.17, 15) is 4.79 Å². The first-order chi connectivity index (χ1) is 11.6. The van der Waals surface area contributed by atoms with Crippen LogP contribution in [0.4, 0.5) is 10.9 Å². The normalized spacial score (nSPS) is 10.4. The van der Waals surface area contributed by atoms with Gasteiger partial charge in [-0.25, -0.2) is 9.97 Å². The zero-order chi connectivity index (χ0) is 16.9. The summed E-state index contributed by atoms with van der Waals surface area (Å²) in [6, 6.07) is 9.48. The highest BCUT2D eigenvalue weighted by Crippen LogP contribution is 2.25. The van der Waals surface area contributed by atoms with Crippen LogP contribution in [0.3, 0.4) is 0 Å². The predicted molar refractivity (Wildman–Crippen MR) is 94.5 cm³/mol. The van der Waals surface area contributed by atoms with Gasteiger partial charge in [0.25, 0.3) is 5.91 Å². The zero-order valence-electron chi connectivity index (χ0n) is 13.4. The van der Waals surface area contributed by atoms with Gasteiger partial charge in [0.2, 0.25) is 0 Å². The molecule has 3 heterocycles. The number of hydrogen-bond acceptors (Lipinski definition) is 6. The monoisotopic (exact) mass is 339 g/mol. The molecule has 0 saturated heterocycles. The van der Waals surface area contributed by atoms with E-state index in [1.807, 2.05) is 44.2 Å². The van der Waals surface area contributed by atoms with E-state index in [1.54, 1.807) is 12.4 Å². The molecule has 0 aromatic carbocycles. The van der Waals surface area contributed by atoms with Gasteiger partial charge in [0.05, 0.1) is 5.69 Å². The Kier molecular flexibility index (Phi) is 4.81. The first-order valence-corrected chi connectivity index (χ1v) is 8.28. The highest BCUT2D eigenvalue weighted by atomic mass is 32.1. The molecule has 0 aliphatic rings. The number of carbonyl (C=O) groups is 1. The molecule has 24 heavy (non-hydrogen) atoms. The van der Waals surface area contributed by atoms with Crippen molar-refractivity contribution in [1.82, 2.24) is 20.3 Å². The molecule has 0 bridgehead atoms. The Morgan fingerprint density at radius 2 is 2.04 bits per heavy atom. The molecule has 7 heteroatoms. The number of nitrogens with zero attached hydrogens (tertiary/aromatic N) is 3. The minimum atomic E-state index is -0.140. The van der Waals surface area contributed by atoms with Gasteiger partial charge in [-0.3, -0.25) is 9.78 Å². The van der Waals surface area contributed by atoms with Crippen molar-refractivity contribution in [2.45, 2.75) is 20.4 Å². The van der Waals surface area contributed by atoms with Crippen LogP contribution in [0.1, 0.15) is 26.6 Å². The maximum atomic E-state index is 12.4. The molecule has 2 N–H and O–H groups in total. The average molecular weight is 339 g/mol. The van der Waals surface area contributed by atoms with E-state index in [-0.39, 0.29) is 5.91 Å². The van der Waals surface area contributed by atoms with E-state index in [0.717, 1.165) is 11.3 Å². The summed E-state index contributed by atoms with van der Waals surface area (Å²) in [6.45, 7) is 4.19. The third-order valence-electron chi connectivity index (χ3n) is 3.30. The van der Waals surface area contributed by atoms with E-state index in [0.29, 0.717) is 28.1 Å². The zero-order valence-corrected chi connectivity index (χ0v) is 14.2. The van der Waals surface area contributed by atoms with E-state index in [2.05, 4.69) is 25.6 Å². The van der Waals surface area contributed by atoms with E-state index < -0.39 is 0 Å². The third-order valence-corrected chi connectivity index (χ3v) is 4.37. The highest BCUT2D eigenvalue weighted by Gasteiger charge is 2.15. The Labute approximate surface area is 144 Å². The fourth-order valence-electron chi connectivity index (χ4n) is 2.15. The van der Waals surface area contributed by atoms with Crippen LogP contribution in [0.25, 0.3) is 0 Å². The lowest BCUT2D eigenvalue weighted by molar-refractivity contribution is 0.0954. The van der Waals surface area contributed by atoms with Crippen LogP contribution in [0.5, 0.6) is 0 Å². The maximum Gasteiger partial charge on any atom is 0.263 e. The van der Waals surface area contributed by atoms with Gasteiger partial charge in [0.1, 0.15) is 10.7 Å². The molecule has 3 aromatic heterocycles. The Bertz CT molecular complexity index is 847. The molecule has 6 nitrogen and oxygen atoms in total. The van der Waals surface area contributed by atoms with E-state index >= 15 is 0 Å². The second-order valence-electron chi connectivity index (χ2n) is 5.27. The average Bonchev–Trinajstić information content (AvgIpc) is 2.94. The molecular formula is C17H17N5OS. The summed E-state index contributed by atoms with van der Waals surface area (Å²) in [5.74, 6) is 0.574. The molecule has 1 amide bonds. The predicted octanol–water partition coefficient (Wildman–Crippen LogP) is 3.22. The van der Waals surface area contributed by atoms with Gasteiger partial charge in [-0.15, -0.1) is 0 Å². The number of pyridine rings is 2. The van der Waals surface area contributed by atoms with Crippen LogP contribution in [-0.2, 0) is 6.54 Å². The van der Waals surface area contributed by atoms with Crippen LogP contribution < -0.4 is 10.6 Å². The standard InChI is InChI=1S/C17H17N5OS/c1-11-5-3-7-14(20-11)22-17-21-12(2)15(24-17)16(23)19-10-13-6-4-8-18-9-13/h3-9H,10H2,1-2H3,(H,19,23)(H,20,21,22). The molecule has 0 radical (unpaired) electrons. The minimum absolute atomic E-state index is 0.140. The quantitative estimate of drug-likeness (QED) is 0.746. The van der Waals surface area contributed by atoms with Crippen molar-refractivity contribution in [3.8, 4) is 0 Å². The number of hydrogen-bond donors (Lipinski definition) is 2. The number of aromatic nitrogens is 3. The SMILES string of the molecule is Cc1cccc(Nc2nc(C)c(C(=O)NCc3cccnc3)s2)n1. The van der Waals surface area contributed by atoms with Crippen molar-refractivity contribution in [2.24, 2.45) is 0 Å². The van der Waals surface area contributed by atoms with Crippen molar-refractivity contribution < 1.29 is 4.79 Å². The summed E-state index contributed by atoms with van der Waals surface area (Å²) in [7, 11) is 0. The number of rotatable bonds is 5. The molecule has 3 rings (SSSR count). The minimum Gasteiger partial charge on any atom is -0.347 e. The lowest BCUT2D eigenvalue weighted by Crippen LogP contribution is -2.22. The lowest BCUT2D eigenvalue weighted by Gasteiger charge is -2.03. The molecule has 0 fully saturated rings. The molecule has 0 atom stereocenters. The number of thiazole rings is 1. The maximum absolute atomic E-state index is 12.4. The fourth-order valence-corrected chi connectivity index (χ4v) is 3.04. The second kappa shape index (κ2) is 7.18. The van der Waals surface area contributed by atoms with Crippen molar-refractivity contribution in [3.63, 3.8) is 0 Å². The van der Waals surface area contributed by atoms with Crippen LogP contribution in [0, 0.1) is 13.8 Å². The smallest absolute Gasteiger partial charge is 0.263 e. The van der Waals surface area contributed by atoms with Crippen LogP contribution >= 0.6 is 11.3 Å². The van der Waals surface area contributed by atoms with Crippen molar-refractivity contribution >= 4 is 28.2 Å². The Hall–Kier alpha value is -2.80. The van der Waals surface area contributed by atoms with Gasteiger partial charge < -0.3 is 10.6 Å². The molecule has 0 saturated carbocycles. The molecular weight excluding hydrogens is 322 g/mol. The Balaban J connectivity index is 1.68. The summed E-state index contributed by atoms with van der Waals surface area (Å²) in [5, 5.41) is 6.68. The van der Waals surface area contributed by atoms with Gasteiger partial charge >= 0.3 is 0 Å². The summed E-state index contributed by atoms with van der Waals surface area (Å²) >= 11 is 1.31. The summed E-state index contributed by atoms with van der Waals surface area (Å²) in [5.41, 5.74) is 2.57. The van der Waals surface area contributed by atoms with E-state index in [4.69, 9.17) is 0 Å². The van der Waals surface area contributed by atoms with Crippen molar-refractivity contribution in [1.29, 1.82) is 0 Å². The molecule has 122 valence electrons. The van der Waals surface area contributed by atoms with Crippen LogP contribution in [0.15, 0.2) is 42.7 Å². The first-order valence-electron chi connectivity index (χ1n) is 7.47. The number of aryl methyl sites for hydroxylation is 2. The summed E-state index contributed by atoms with van der Waals surface area (Å²) in [6.07, 6.45) is 3.44. The largest absolute Gasteiger partial charge is 0.347 e. The van der Waals surface area contributed by atoms with Gasteiger partial charge in [-0.2, -0.15) is 0 Å². The van der Waals surface area contributed by atoms with Gasteiger partial charge in [-0.05, 0) is 37.6 Å². The fraction of sp³-hybridized carbons (Fsp3) is 0.176. The number of anilines is 2. The van der Waals surface area contributed by atoms with Crippen LogP contribution in [0.2, 0.25) is 0 Å². The van der Waals surface area contributed by atoms with Gasteiger partial charge in [0.15, 0.2) is 5.13 Å². The molecule has 3 aromatic rings. The van der Waals surface area contributed by atoms with Crippen molar-refractivity contribution in [3.05, 3.63) is 64.6 Å². The van der Waals surface area contributed by atoms with E-state index in [1.165, 1.54) is 11.3 Å². The topological polar surface area (TPSA) is 79.8 Å². The Morgan fingerprint density at radius 3 is 2.79 bits per heavy atom. The summed E-state index contributed by atoms with van der Waals surface area (Å²) in [4.78, 5) is 25.8. The molecule has 0 unspecified atom stereocenters. The van der Waals surface area contributed by atoms with Crippen molar-refractivity contribution in [2.75, 3.05) is 5.32 Å². The third kappa shape index (κ3) is 3.94. The summed E-state index contributed by atoms with van der Waals surface area (Å²) < 4.78 is 0. The van der Waals surface area contributed by atoms with Gasteiger partial charge in [-0.1, -0.05) is 23.5 Å². The Morgan fingerprint density at radius 1 is 1.17 bits per heavy atom. The lowest BCUT2D eigenvalue weighted by atomic mass is 10.3. The molecule has 0 spiro atoms. The van der Waals surface area contributed by atoms with Crippen LogP contribution in [-0.4, -0.2) is 20.9 Å². The second-order valence-corrected chi connectivity index (χ2v) is 6.27. The number of nitrogens with one attached hydrogen (secondary N) is 2. The first kappa shape index (κ1) is 16.1.